The van der Waals surface area contributed by atoms with E-state index < -0.39 is 17.8 Å². The van der Waals surface area contributed by atoms with Crippen LogP contribution in [0.5, 0.6) is 0 Å². The summed E-state index contributed by atoms with van der Waals surface area (Å²) in [5.41, 5.74) is 3.05. The van der Waals surface area contributed by atoms with Gasteiger partial charge in [-0.1, -0.05) is 57.4 Å². The van der Waals surface area contributed by atoms with Gasteiger partial charge in [-0.05, 0) is 106 Å². The quantitative estimate of drug-likeness (QED) is 0.280. The fraction of sp³-hybridized carbons (Fsp3) is 0.806. The van der Waals surface area contributed by atoms with Crippen molar-refractivity contribution in [2.75, 3.05) is 6.61 Å². The lowest BCUT2D eigenvalue weighted by atomic mass is 9.60. The van der Waals surface area contributed by atoms with Crippen molar-refractivity contribution < 1.29 is 20.4 Å². The van der Waals surface area contributed by atoms with Gasteiger partial charge < -0.3 is 20.4 Å². The monoisotopic (exact) mass is 488 g/mol. The number of fused-ring (bicyclic) bond motifs is 1. The van der Waals surface area contributed by atoms with Crippen molar-refractivity contribution in [1.82, 2.24) is 0 Å². The lowest BCUT2D eigenvalue weighted by Crippen LogP contribution is -2.38. The third-order valence-electron chi connectivity index (χ3n) is 9.72. The Morgan fingerprint density at radius 1 is 1.14 bits per heavy atom. The van der Waals surface area contributed by atoms with Crippen molar-refractivity contribution >= 4 is 0 Å². The zero-order valence-electron chi connectivity index (χ0n) is 22.8. The lowest BCUT2D eigenvalue weighted by molar-refractivity contribution is 0.0124. The summed E-state index contributed by atoms with van der Waals surface area (Å²) >= 11 is 0. The first-order valence-corrected chi connectivity index (χ1v) is 14.3. The van der Waals surface area contributed by atoms with Crippen LogP contribution in [0.3, 0.4) is 0 Å². The van der Waals surface area contributed by atoms with Gasteiger partial charge >= 0.3 is 0 Å². The maximum Gasteiger partial charge on any atom is 0.0839 e. The molecule has 0 radical (unpaired) electrons. The standard InChI is InChI=1S/C31H52O4/c1-21(10-8-17-30(3,4)35)26-15-16-27-23(11-9-18-31(26,27)5)13-14-24-20-28(33)25(12-6-7-19-32)29(34)22(24)2/h13-14,21,25-29,32-35H,2,6-12,15-20H2,1,3-5H3/b23-13+,24-14-/t21-,25+,26-,27+,28-,29-,31-/m1/s1. The molecular formula is C31H52O4. The predicted molar refractivity (Wildman–Crippen MR) is 144 cm³/mol. The smallest absolute Gasteiger partial charge is 0.0839 e. The van der Waals surface area contributed by atoms with Gasteiger partial charge in [0.2, 0.25) is 0 Å². The first-order chi connectivity index (χ1) is 16.5. The van der Waals surface area contributed by atoms with Gasteiger partial charge in [0, 0.05) is 12.5 Å². The molecule has 0 amide bonds. The van der Waals surface area contributed by atoms with E-state index in [1.54, 1.807) is 5.57 Å². The van der Waals surface area contributed by atoms with Crippen LogP contribution in [0.25, 0.3) is 0 Å². The Morgan fingerprint density at radius 3 is 2.57 bits per heavy atom. The molecule has 35 heavy (non-hydrogen) atoms. The van der Waals surface area contributed by atoms with Crippen LogP contribution in [-0.2, 0) is 0 Å². The van der Waals surface area contributed by atoms with Gasteiger partial charge in [-0.25, -0.2) is 0 Å². The van der Waals surface area contributed by atoms with E-state index in [9.17, 15) is 15.3 Å². The summed E-state index contributed by atoms with van der Waals surface area (Å²) in [6, 6.07) is 0. The number of allylic oxidation sites excluding steroid dienone is 3. The molecule has 200 valence electrons. The number of rotatable bonds is 10. The highest BCUT2D eigenvalue weighted by Gasteiger charge is 2.50. The highest BCUT2D eigenvalue weighted by Crippen LogP contribution is 2.60. The number of aliphatic hydroxyl groups is 4. The van der Waals surface area contributed by atoms with Crippen LogP contribution in [-0.4, -0.2) is 44.8 Å². The number of hydrogen-bond donors (Lipinski definition) is 4. The molecule has 0 bridgehead atoms. The number of hydrogen-bond acceptors (Lipinski definition) is 4. The third-order valence-corrected chi connectivity index (χ3v) is 9.72. The van der Waals surface area contributed by atoms with Crippen molar-refractivity contribution in [3.63, 3.8) is 0 Å². The van der Waals surface area contributed by atoms with Gasteiger partial charge in [0.05, 0.1) is 17.8 Å². The highest BCUT2D eigenvalue weighted by atomic mass is 16.3. The molecule has 0 spiro atoms. The molecular weight excluding hydrogens is 436 g/mol. The molecule has 0 unspecified atom stereocenters. The van der Waals surface area contributed by atoms with Crippen LogP contribution in [0.2, 0.25) is 0 Å². The van der Waals surface area contributed by atoms with Crippen LogP contribution in [0.1, 0.15) is 105 Å². The van der Waals surface area contributed by atoms with Gasteiger partial charge in [0.15, 0.2) is 0 Å². The average Bonchev–Trinajstić information content (AvgIpc) is 3.14. The summed E-state index contributed by atoms with van der Waals surface area (Å²) in [6.07, 6.45) is 15.3. The number of unbranched alkanes of at least 4 members (excludes halogenated alkanes) is 1. The van der Waals surface area contributed by atoms with Gasteiger partial charge in [-0.15, -0.1) is 0 Å². The van der Waals surface area contributed by atoms with Gasteiger partial charge in [0.1, 0.15) is 0 Å². The van der Waals surface area contributed by atoms with E-state index in [0.717, 1.165) is 42.7 Å². The molecule has 3 rings (SSSR count). The molecule has 3 aliphatic carbocycles. The summed E-state index contributed by atoms with van der Waals surface area (Å²) in [6.45, 7) is 13.1. The van der Waals surface area contributed by atoms with Gasteiger partial charge in [-0.2, -0.15) is 0 Å². The first kappa shape index (κ1) is 28.6. The van der Waals surface area contributed by atoms with E-state index in [-0.39, 0.29) is 12.5 Å². The van der Waals surface area contributed by atoms with Crippen molar-refractivity contribution in [3.05, 3.63) is 35.5 Å². The van der Waals surface area contributed by atoms with E-state index >= 15 is 0 Å². The first-order valence-electron chi connectivity index (χ1n) is 14.3. The lowest BCUT2D eigenvalue weighted by Gasteiger charge is -2.44. The van der Waals surface area contributed by atoms with E-state index in [1.807, 2.05) is 13.8 Å². The average molecular weight is 489 g/mol. The Bertz CT molecular complexity index is 775. The van der Waals surface area contributed by atoms with E-state index in [1.165, 1.54) is 32.1 Å². The molecule has 3 aliphatic rings. The predicted octanol–water partition coefficient (Wildman–Crippen LogP) is 6.09. The molecule has 3 saturated carbocycles. The van der Waals surface area contributed by atoms with Crippen LogP contribution in [0.15, 0.2) is 35.5 Å². The Kier molecular flexibility index (Phi) is 9.87. The second-order valence-electron chi connectivity index (χ2n) is 12.8. The van der Waals surface area contributed by atoms with Gasteiger partial charge in [-0.3, -0.25) is 0 Å². The zero-order valence-corrected chi connectivity index (χ0v) is 22.8. The summed E-state index contributed by atoms with van der Waals surface area (Å²) in [5.74, 6) is 1.84. The molecule has 0 aromatic rings. The molecule has 0 saturated heterocycles. The molecule has 0 aromatic carbocycles. The molecule has 7 atom stereocenters. The van der Waals surface area contributed by atoms with E-state index in [2.05, 4.69) is 32.6 Å². The zero-order chi connectivity index (χ0) is 25.8. The minimum Gasteiger partial charge on any atom is -0.396 e. The molecule has 3 fully saturated rings. The normalized spacial score (nSPS) is 37.1. The van der Waals surface area contributed by atoms with Crippen molar-refractivity contribution in [3.8, 4) is 0 Å². The fourth-order valence-electron chi connectivity index (χ4n) is 7.66. The fourth-order valence-corrected chi connectivity index (χ4v) is 7.66. The Hall–Kier alpha value is -0.940. The van der Waals surface area contributed by atoms with Crippen LogP contribution in [0.4, 0.5) is 0 Å². The van der Waals surface area contributed by atoms with Crippen LogP contribution >= 0.6 is 0 Å². The summed E-state index contributed by atoms with van der Waals surface area (Å²) in [4.78, 5) is 0. The second kappa shape index (κ2) is 12.1. The molecule has 4 N–H and O–H groups in total. The molecule has 4 nitrogen and oxygen atoms in total. The van der Waals surface area contributed by atoms with Crippen LogP contribution in [0, 0.1) is 29.1 Å². The van der Waals surface area contributed by atoms with E-state index in [4.69, 9.17) is 5.11 Å². The molecule has 0 heterocycles. The molecule has 4 heteroatoms. The van der Waals surface area contributed by atoms with Crippen LogP contribution < -0.4 is 0 Å². The largest absolute Gasteiger partial charge is 0.396 e. The Balaban J connectivity index is 1.67. The minimum atomic E-state index is -0.709. The highest BCUT2D eigenvalue weighted by molar-refractivity contribution is 5.39. The summed E-state index contributed by atoms with van der Waals surface area (Å²) in [7, 11) is 0. The van der Waals surface area contributed by atoms with Crippen molar-refractivity contribution in [2.45, 2.75) is 123 Å². The summed E-state index contributed by atoms with van der Waals surface area (Å²) in [5, 5.41) is 40.7. The molecule has 0 aliphatic heterocycles. The maximum absolute atomic E-state index is 10.8. The second-order valence-corrected chi connectivity index (χ2v) is 12.8. The Morgan fingerprint density at radius 2 is 1.89 bits per heavy atom. The van der Waals surface area contributed by atoms with Gasteiger partial charge in [0.25, 0.3) is 0 Å². The Labute approximate surface area is 214 Å². The number of aliphatic hydroxyl groups excluding tert-OH is 3. The summed E-state index contributed by atoms with van der Waals surface area (Å²) < 4.78 is 0. The third kappa shape index (κ3) is 6.89. The topological polar surface area (TPSA) is 80.9 Å². The van der Waals surface area contributed by atoms with E-state index in [0.29, 0.717) is 36.5 Å². The minimum absolute atomic E-state index is 0.152. The van der Waals surface area contributed by atoms with Crippen molar-refractivity contribution in [1.29, 1.82) is 0 Å². The maximum atomic E-state index is 10.8. The van der Waals surface area contributed by atoms with Crippen molar-refractivity contribution in [2.24, 2.45) is 29.1 Å². The molecule has 0 aromatic heterocycles. The SMILES string of the molecule is C=C1/C(=C\C=C2/CCC[C@]3(C)[C@@H]([C@H](C)CCCC(C)(C)O)CC[C@@H]23)C[C@@H](O)[C@H](CCCCO)[C@@H]1O.